The van der Waals surface area contributed by atoms with Crippen molar-refractivity contribution in [3.05, 3.63) is 108 Å². The third-order valence-electron chi connectivity index (χ3n) is 7.00. The third kappa shape index (κ3) is 4.25. The van der Waals surface area contributed by atoms with Crippen LogP contribution in [0.4, 0.5) is 11.4 Å². The van der Waals surface area contributed by atoms with Crippen LogP contribution in [0.2, 0.25) is 0 Å². The summed E-state index contributed by atoms with van der Waals surface area (Å²) in [5.41, 5.74) is 6.75. The minimum Gasteiger partial charge on any atom is -0.378 e. The predicted molar refractivity (Wildman–Crippen MR) is 148 cm³/mol. The van der Waals surface area contributed by atoms with E-state index in [1.165, 1.54) is 11.3 Å². The molecule has 2 atom stereocenters. The Labute approximate surface area is 217 Å². The molecule has 0 radical (unpaired) electrons. The highest BCUT2D eigenvalue weighted by Crippen LogP contribution is 2.42. The molecule has 0 amide bonds. The first-order valence-corrected chi connectivity index (χ1v) is 12.8. The van der Waals surface area contributed by atoms with E-state index in [9.17, 15) is 0 Å². The molecule has 2 saturated heterocycles. The fourth-order valence-corrected chi connectivity index (χ4v) is 5.50. The molecule has 2 aromatic carbocycles. The van der Waals surface area contributed by atoms with E-state index in [0.29, 0.717) is 5.11 Å². The summed E-state index contributed by atoms with van der Waals surface area (Å²) in [7, 11) is 0. The topological polar surface area (TPSA) is 45.6 Å². The number of aryl methyl sites for hydroxylation is 1. The van der Waals surface area contributed by atoms with E-state index in [1.54, 1.807) is 0 Å². The van der Waals surface area contributed by atoms with Gasteiger partial charge in [0.2, 0.25) is 0 Å². The number of pyridine rings is 1. The number of aromatic nitrogens is 2. The largest absolute Gasteiger partial charge is 0.378 e. The molecule has 0 saturated carbocycles. The van der Waals surface area contributed by atoms with Crippen LogP contribution in [0, 0.1) is 6.92 Å². The number of nitrogens with zero attached hydrogens (tertiary/aromatic N) is 4. The summed E-state index contributed by atoms with van der Waals surface area (Å²) in [6, 6.07) is 27.5. The third-order valence-corrected chi connectivity index (χ3v) is 7.31. The van der Waals surface area contributed by atoms with E-state index in [4.69, 9.17) is 21.9 Å². The molecule has 36 heavy (non-hydrogen) atoms. The SMILES string of the molecule is Cc1ccc(-n2cccc2[C@H]2[C@H](c3ccccn3)NC(=S)N2c2ccc(N3CCOCC3)cc2)cc1. The second kappa shape index (κ2) is 9.76. The highest BCUT2D eigenvalue weighted by Gasteiger charge is 2.42. The molecule has 4 aromatic rings. The Morgan fingerprint density at radius 3 is 2.31 bits per heavy atom. The van der Waals surface area contributed by atoms with Crippen molar-refractivity contribution in [3.63, 3.8) is 0 Å². The van der Waals surface area contributed by atoms with Crippen LogP contribution in [0.25, 0.3) is 5.69 Å². The number of rotatable bonds is 5. The lowest BCUT2D eigenvalue weighted by Crippen LogP contribution is -2.36. The molecule has 2 aliphatic rings. The van der Waals surface area contributed by atoms with Gasteiger partial charge in [0.1, 0.15) is 6.04 Å². The Hall–Kier alpha value is -3.68. The molecule has 182 valence electrons. The van der Waals surface area contributed by atoms with Gasteiger partial charge in [-0.25, -0.2) is 0 Å². The van der Waals surface area contributed by atoms with Crippen molar-refractivity contribution in [2.24, 2.45) is 0 Å². The summed E-state index contributed by atoms with van der Waals surface area (Å²) in [5, 5.41) is 4.28. The van der Waals surface area contributed by atoms with Gasteiger partial charge >= 0.3 is 0 Å². The molecule has 0 spiro atoms. The van der Waals surface area contributed by atoms with Gasteiger partial charge in [0.05, 0.1) is 24.9 Å². The van der Waals surface area contributed by atoms with Gasteiger partial charge in [-0.2, -0.15) is 0 Å². The zero-order valence-corrected chi connectivity index (χ0v) is 21.1. The second-order valence-corrected chi connectivity index (χ2v) is 9.64. The van der Waals surface area contributed by atoms with Crippen LogP contribution >= 0.6 is 12.2 Å². The number of morpholine rings is 1. The Kier molecular flexibility index (Phi) is 6.17. The fourth-order valence-electron chi connectivity index (χ4n) is 5.15. The van der Waals surface area contributed by atoms with Gasteiger partial charge in [0.25, 0.3) is 0 Å². The van der Waals surface area contributed by atoms with Crippen molar-refractivity contribution in [2.75, 3.05) is 36.1 Å². The van der Waals surface area contributed by atoms with E-state index in [-0.39, 0.29) is 12.1 Å². The quantitative estimate of drug-likeness (QED) is 0.384. The Morgan fingerprint density at radius 2 is 1.58 bits per heavy atom. The highest BCUT2D eigenvalue weighted by atomic mass is 32.1. The number of ether oxygens (including phenoxy) is 1. The number of anilines is 2. The molecule has 7 heteroatoms. The van der Waals surface area contributed by atoms with Crippen LogP contribution in [0.15, 0.2) is 91.3 Å². The molecule has 2 aromatic heterocycles. The summed E-state index contributed by atoms with van der Waals surface area (Å²) in [4.78, 5) is 9.30. The molecule has 4 heterocycles. The average Bonchev–Trinajstić information content (AvgIpc) is 3.54. The van der Waals surface area contributed by atoms with Gasteiger partial charge < -0.3 is 24.4 Å². The molecule has 1 N–H and O–H groups in total. The Morgan fingerprint density at radius 1 is 0.861 bits per heavy atom. The van der Waals surface area contributed by atoms with Gasteiger partial charge in [0.15, 0.2) is 5.11 Å². The number of benzene rings is 2. The van der Waals surface area contributed by atoms with E-state index < -0.39 is 0 Å². The molecule has 0 unspecified atom stereocenters. The first kappa shape index (κ1) is 22.8. The van der Waals surface area contributed by atoms with Crippen molar-refractivity contribution < 1.29 is 4.74 Å². The van der Waals surface area contributed by atoms with E-state index >= 15 is 0 Å². The lowest BCUT2D eigenvalue weighted by molar-refractivity contribution is 0.122. The molecular formula is C29H29N5OS. The minimum atomic E-state index is -0.0864. The standard InChI is InChI=1S/C29H29N5OS/c1-21-7-9-23(10-8-21)33-16-4-6-26(33)28-27(25-5-2-3-15-30-25)31-29(36)34(28)24-13-11-22(12-14-24)32-17-19-35-20-18-32/h2-16,27-28H,17-20H2,1H3,(H,31,36)/t27-,28-/m0/s1. The van der Waals surface area contributed by atoms with Crippen LogP contribution in [0.3, 0.4) is 0 Å². The van der Waals surface area contributed by atoms with Crippen LogP contribution in [0.1, 0.15) is 29.0 Å². The Bertz CT molecular complexity index is 1330. The molecule has 0 bridgehead atoms. The maximum absolute atomic E-state index is 5.94. The van der Waals surface area contributed by atoms with Crippen molar-refractivity contribution in [1.82, 2.24) is 14.9 Å². The number of thiocarbonyl (C=S) groups is 1. The molecule has 2 aliphatic heterocycles. The van der Waals surface area contributed by atoms with Gasteiger partial charge in [-0.15, -0.1) is 0 Å². The first-order chi connectivity index (χ1) is 17.7. The van der Waals surface area contributed by atoms with Gasteiger partial charge in [-0.05, 0) is 79.8 Å². The van der Waals surface area contributed by atoms with Crippen LogP contribution < -0.4 is 15.1 Å². The van der Waals surface area contributed by atoms with E-state index in [1.807, 2.05) is 18.3 Å². The first-order valence-electron chi connectivity index (χ1n) is 12.4. The smallest absolute Gasteiger partial charge is 0.174 e. The molecule has 6 rings (SSSR count). The highest BCUT2D eigenvalue weighted by molar-refractivity contribution is 7.80. The molecular weight excluding hydrogens is 466 g/mol. The van der Waals surface area contributed by atoms with Gasteiger partial charge in [-0.1, -0.05) is 23.8 Å². The maximum Gasteiger partial charge on any atom is 0.174 e. The van der Waals surface area contributed by atoms with Crippen LogP contribution in [0.5, 0.6) is 0 Å². The van der Waals surface area contributed by atoms with Gasteiger partial charge in [-0.3, -0.25) is 4.98 Å². The average molecular weight is 496 g/mol. The Balaban J connectivity index is 1.41. The second-order valence-electron chi connectivity index (χ2n) is 9.25. The van der Waals surface area contributed by atoms with Crippen molar-refractivity contribution in [1.29, 1.82) is 0 Å². The summed E-state index contributed by atoms with van der Waals surface area (Å²) >= 11 is 5.94. The maximum atomic E-state index is 5.94. The van der Waals surface area contributed by atoms with E-state index in [2.05, 4.69) is 99.5 Å². The summed E-state index contributed by atoms with van der Waals surface area (Å²) < 4.78 is 7.77. The lowest BCUT2D eigenvalue weighted by atomic mass is 10.0. The lowest BCUT2D eigenvalue weighted by Gasteiger charge is -2.31. The van der Waals surface area contributed by atoms with Crippen LogP contribution in [-0.4, -0.2) is 41.0 Å². The van der Waals surface area contributed by atoms with Crippen molar-refractivity contribution in [2.45, 2.75) is 19.0 Å². The van der Waals surface area contributed by atoms with Crippen LogP contribution in [-0.2, 0) is 4.74 Å². The molecule has 6 nitrogen and oxygen atoms in total. The predicted octanol–water partition coefficient (Wildman–Crippen LogP) is 5.19. The molecule has 0 aliphatic carbocycles. The number of hydrogen-bond acceptors (Lipinski definition) is 4. The number of nitrogens with one attached hydrogen (secondary N) is 1. The monoisotopic (exact) mass is 495 g/mol. The zero-order chi connectivity index (χ0) is 24.5. The summed E-state index contributed by atoms with van der Waals surface area (Å²) in [6.07, 6.45) is 3.96. The molecule has 2 fully saturated rings. The van der Waals surface area contributed by atoms with Crippen molar-refractivity contribution in [3.8, 4) is 5.69 Å². The van der Waals surface area contributed by atoms with E-state index in [0.717, 1.165) is 49.1 Å². The summed E-state index contributed by atoms with van der Waals surface area (Å²) in [5.74, 6) is 0. The van der Waals surface area contributed by atoms with Crippen molar-refractivity contribution >= 4 is 28.7 Å². The number of hydrogen-bond donors (Lipinski definition) is 1. The minimum absolute atomic E-state index is 0.0714. The summed E-state index contributed by atoms with van der Waals surface area (Å²) in [6.45, 7) is 5.48. The normalized spacial score (nSPS) is 20.0. The fraction of sp³-hybridized carbons (Fsp3) is 0.241. The zero-order valence-electron chi connectivity index (χ0n) is 20.2. The van der Waals surface area contributed by atoms with Gasteiger partial charge in [0, 0.05) is 48.2 Å².